The molecular weight excluding hydrogens is 523 g/mol. The topological polar surface area (TPSA) is 116 Å². The van der Waals surface area contributed by atoms with E-state index in [-0.39, 0.29) is 34.3 Å². The van der Waals surface area contributed by atoms with Gasteiger partial charge in [0.1, 0.15) is 11.5 Å². The van der Waals surface area contributed by atoms with E-state index >= 15 is 0 Å². The van der Waals surface area contributed by atoms with E-state index in [1.54, 1.807) is 11.0 Å². The normalized spacial score (nSPS) is 24.4. The maximum Gasteiger partial charge on any atom is 0.275 e. The van der Waals surface area contributed by atoms with Gasteiger partial charge in [-0.2, -0.15) is 0 Å². The zero-order valence-corrected chi connectivity index (χ0v) is 23.1. The van der Waals surface area contributed by atoms with E-state index in [0.717, 1.165) is 32.5 Å². The molecule has 5 rings (SSSR count). The zero-order valence-electron chi connectivity index (χ0n) is 22.3. The number of H-pyrrole nitrogens is 1. The molecule has 2 aliphatic heterocycles. The summed E-state index contributed by atoms with van der Waals surface area (Å²) in [5.74, 6) is -0.749. The number of primary amides is 1. The van der Waals surface area contributed by atoms with Gasteiger partial charge in [-0.1, -0.05) is 18.5 Å². The number of anilines is 1. The number of nitrogens with two attached hydrogens (primary N) is 1. The van der Waals surface area contributed by atoms with Gasteiger partial charge in [-0.15, -0.1) is 0 Å². The summed E-state index contributed by atoms with van der Waals surface area (Å²) in [6.07, 6.45) is 6.90. The van der Waals surface area contributed by atoms with Gasteiger partial charge in [0.15, 0.2) is 5.69 Å². The van der Waals surface area contributed by atoms with Crippen LogP contribution in [0.4, 0.5) is 10.1 Å². The van der Waals surface area contributed by atoms with E-state index in [4.69, 9.17) is 17.3 Å². The third kappa shape index (κ3) is 5.54. The van der Waals surface area contributed by atoms with Crippen LogP contribution in [0.15, 0.2) is 24.5 Å². The highest BCUT2D eigenvalue weighted by atomic mass is 35.5. The molecule has 1 saturated carbocycles. The highest BCUT2D eigenvalue weighted by molar-refractivity contribution is 6.34. The Labute approximate surface area is 232 Å². The number of halogens is 2. The number of aromatic nitrogens is 2. The number of benzene rings is 1. The number of nitrogens with zero attached hydrogens (tertiary/aromatic N) is 4. The maximum atomic E-state index is 13.7. The Kier molecular flexibility index (Phi) is 7.96. The first-order valence-electron chi connectivity index (χ1n) is 13.8. The molecule has 1 spiro atoms. The molecule has 1 aromatic carbocycles. The van der Waals surface area contributed by atoms with Crippen molar-refractivity contribution in [2.45, 2.75) is 57.9 Å². The van der Waals surface area contributed by atoms with Gasteiger partial charge >= 0.3 is 0 Å². The van der Waals surface area contributed by atoms with E-state index < -0.39 is 17.1 Å². The zero-order chi connectivity index (χ0) is 27.7. The maximum absolute atomic E-state index is 13.7. The average molecular weight is 559 g/mol. The SMILES string of the molecule is CC1CCN(CCN(C(=O)c2nc[nH]c2C(N)=O)[C@H]2CC[C@@]3(CCN(c4ccc(F)cc4Cl)C3=O)CC2)CC1. The van der Waals surface area contributed by atoms with E-state index in [1.807, 2.05) is 4.90 Å². The molecule has 39 heavy (non-hydrogen) atoms. The summed E-state index contributed by atoms with van der Waals surface area (Å²) < 4.78 is 13.6. The van der Waals surface area contributed by atoms with Crippen molar-refractivity contribution in [3.8, 4) is 0 Å². The number of amides is 3. The van der Waals surface area contributed by atoms with Crippen molar-refractivity contribution in [1.29, 1.82) is 0 Å². The van der Waals surface area contributed by atoms with E-state index in [9.17, 15) is 18.8 Å². The van der Waals surface area contributed by atoms with Gasteiger partial charge in [0.05, 0.1) is 22.5 Å². The Morgan fingerprint density at radius 1 is 1.18 bits per heavy atom. The standard InChI is InChI=1S/C28H36ClFN6O3/c1-18-6-11-34(12-7-18)14-15-35(26(38)24-23(25(31)37)32-17-33-24)20-4-8-28(9-5-20)10-13-36(27(28)39)22-3-2-19(30)16-21(22)29/h2-3,16-18,20H,4-15H2,1H3,(H2,31,37)(H,32,33)/t20-,28-. The predicted molar refractivity (Wildman–Crippen MR) is 146 cm³/mol. The molecule has 2 saturated heterocycles. The fourth-order valence-electron chi connectivity index (χ4n) is 6.45. The van der Waals surface area contributed by atoms with Crippen molar-refractivity contribution in [2.24, 2.45) is 17.1 Å². The van der Waals surface area contributed by atoms with Gasteiger partial charge in [0, 0.05) is 25.7 Å². The molecule has 1 aromatic heterocycles. The number of aromatic amines is 1. The van der Waals surface area contributed by atoms with Crippen molar-refractivity contribution in [3.63, 3.8) is 0 Å². The van der Waals surface area contributed by atoms with Crippen molar-refractivity contribution in [3.05, 3.63) is 46.8 Å². The molecule has 3 aliphatic rings. The first-order chi connectivity index (χ1) is 18.7. The number of carbonyl (C=O) groups excluding carboxylic acids is 3. The molecule has 3 N–H and O–H groups in total. The lowest BCUT2D eigenvalue weighted by Gasteiger charge is -2.41. The molecule has 3 heterocycles. The Morgan fingerprint density at radius 2 is 1.90 bits per heavy atom. The molecular formula is C28H36ClFN6O3. The Morgan fingerprint density at radius 3 is 2.56 bits per heavy atom. The summed E-state index contributed by atoms with van der Waals surface area (Å²) in [4.78, 5) is 52.0. The average Bonchev–Trinajstić information content (AvgIpc) is 3.53. The monoisotopic (exact) mass is 558 g/mol. The van der Waals surface area contributed by atoms with E-state index in [1.165, 1.54) is 18.5 Å². The number of nitrogens with one attached hydrogen (secondary N) is 1. The smallest absolute Gasteiger partial charge is 0.275 e. The van der Waals surface area contributed by atoms with Crippen LogP contribution in [0.1, 0.15) is 72.8 Å². The summed E-state index contributed by atoms with van der Waals surface area (Å²) in [7, 11) is 0. The lowest BCUT2D eigenvalue weighted by molar-refractivity contribution is -0.127. The number of hydrogen-bond acceptors (Lipinski definition) is 5. The number of rotatable bonds is 7. The largest absolute Gasteiger partial charge is 0.364 e. The Balaban J connectivity index is 1.30. The third-order valence-electron chi connectivity index (χ3n) is 8.95. The second-order valence-electron chi connectivity index (χ2n) is 11.3. The van der Waals surface area contributed by atoms with Crippen LogP contribution in [0.5, 0.6) is 0 Å². The summed E-state index contributed by atoms with van der Waals surface area (Å²) in [6, 6.07) is 4.02. The second kappa shape index (κ2) is 11.3. The predicted octanol–water partition coefficient (Wildman–Crippen LogP) is 3.84. The van der Waals surface area contributed by atoms with Crippen molar-refractivity contribution in [1.82, 2.24) is 19.8 Å². The van der Waals surface area contributed by atoms with Gasteiger partial charge in [-0.05, 0) is 82.2 Å². The second-order valence-corrected chi connectivity index (χ2v) is 11.7. The van der Waals surface area contributed by atoms with Crippen LogP contribution in [-0.2, 0) is 4.79 Å². The lowest BCUT2D eigenvalue weighted by Crippen LogP contribution is -2.49. The van der Waals surface area contributed by atoms with Crippen LogP contribution >= 0.6 is 11.6 Å². The minimum absolute atomic E-state index is 0.0121. The van der Waals surface area contributed by atoms with Crippen LogP contribution in [0.2, 0.25) is 5.02 Å². The number of imidazole rings is 1. The molecule has 0 atom stereocenters. The first-order valence-corrected chi connectivity index (χ1v) is 14.2. The molecule has 2 aromatic rings. The molecule has 0 unspecified atom stereocenters. The number of carbonyl (C=O) groups is 3. The van der Waals surface area contributed by atoms with Crippen molar-refractivity contribution >= 4 is 35.0 Å². The Hall–Kier alpha value is -2.98. The van der Waals surface area contributed by atoms with Crippen LogP contribution in [0.3, 0.4) is 0 Å². The fraction of sp³-hybridized carbons (Fsp3) is 0.571. The van der Waals surface area contributed by atoms with E-state index in [2.05, 4.69) is 21.8 Å². The Bertz CT molecular complexity index is 1240. The highest BCUT2D eigenvalue weighted by Crippen LogP contribution is 2.48. The van der Waals surface area contributed by atoms with Crippen LogP contribution in [0, 0.1) is 17.2 Å². The molecule has 0 radical (unpaired) electrons. The van der Waals surface area contributed by atoms with Crippen LogP contribution < -0.4 is 10.6 Å². The first kappa shape index (κ1) is 27.6. The van der Waals surface area contributed by atoms with E-state index in [0.29, 0.717) is 56.8 Å². The minimum Gasteiger partial charge on any atom is -0.364 e. The molecule has 1 aliphatic carbocycles. The summed E-state index contributed by atoms with van der Waals surface area (Å²) in [5, 5.41) is 0.224. The van der Waals surface area contributed by atoms with Gasteiger partial charge in [0.25, 0.3) is 11.8 Å². The fourth-order valence-corrected chi connectivity index (χ4v) is 6.72. The van der Waals surface area contributed by atoms with Crippen LogP contribution in [-0.4, -0.2) is 76.3 Å². The van der Waals surface area contributed by atoms with Gasteiger partial charge in [0.2, 0.25) is 5.91 Å². The van der Waals surface area contributed by atoms with Gasteiger partial charge < -0.3 is 25.4 Å². The molecule has 3 fully saturated rings. The molecule has 11 heteroatoms. The molecule has 9 nitrogen and oxygen atoms in total. The van der Waals surface area contributed by atoms with Crippen LogP contribution in [0.25, 0.3) is 0 Å². The lowest BCUT2D eigenvalue weighted by atomic mass is 9.71. The number of likely N-dealkylation sites (tertiary alicyclic amines) is 1. The minimum atomic E-state index is -0.723. The number of piperidine rings is 1. The quantitative estimate of drug-likeness (QED) is 0.536. The summed E-state index contributed by atoms with van der Waals surface area (Å²) in [6.45, 7) is 6.06. The summed E-state index contributed by atoms with van der Waals surface area (Å²) in [5.41, 5.74) is 5.57. The molecule has 3 amide bonds. The third-order valence-corrected chi connectivity index (χ3v) is 9.25. The number of hydrogen-bond donors (Lipinski definition) is 2. The van der Waals surface area contributed by atoms with Crippen molar-refractivity contribution in [2.75, 3.05) is 37.6 Å². The summed E-state index contributed by atoms with van der Waals surface area (Å²) >= 11 is 6.27. The van der Waals surface area contributed by atoms with Gasteiger partial charge in [-0.3, -0.25) is 14.4 Å². The van der Waals surface area contributed by atoms with Crippen molar-refractivity contribution < 1.29 is 18.8 Å². The highest BCUT2D eigenvalue weighted by Gasteiger charge is 2.50. The molecule has 210 valence electrons. The molecule has 0 bridgehead atoms. The van der Waals surface area contributed by atoms with Gasteiger partial charge in [-0.25, -0.2) is 9.37 Å².